The molecular formula is C14H18N2O2S. The van der Waals surface area contributed by atoms with Gasteiger partial charge in [0.15, 0.2) is 0 Å². The summed E-state index contributed by atoms with van der Waals surface area (Å²) in [5.41, 5.74) is 1.20. The SMILES string of the molecule is C[C@@H](CNC(=O)CN1CCSC1=O)c1ccccc1. The van der Waals surface area contributed by atoms with Gasteiger partial charge < -0.3 is 10.2 Å². The van der Waals surface area contributed by atoms with Gasteiger partial charge in [-0.3, -0.25) is 9.59 Å². The normalized spacial score (nSPS) is 16.5. The fourth-order valence-electron chi connectivity index (χ4n) is 1.96. The van der Waals surface area contributed by atoms with Crippen molar-refractivity contribution in [2.75, 3.05) is 25.4 Å². The molecule has 0 unspecified atom stereocenters. The van der Waals surface area contributed by atoms with E-state index in [1.165, 1.54) is 17.3 Å². The lowest BCUT2D eigenvalue weighted by molar-refractivity contribution is -0.121. The van der Waals surface area contributed by atoms with E-state index in [4.69, 9.17) is 0 Å². The Morgan fingerprint density at radius 3 is 2.79 bits per heavy atom. The molecule has 1 aliphatic rings. The molecule has 1 aromatic rings. The van der Waals surface area contributed by atoms with E-state index in [0.717, 1.165) is 5.75 Å². The molecule has 1 N–H and O–H groups in total. The molecule has 5 heteroatoms. The van der Waals surface area contributed by atoms with Gasteiger partial charge in [0.1, 0.15) is 6.54 Å². The molecular weight excluding hydrogens is 260 g/mol. The number of nitrogens with one attached hydrogen (secondary N) is 1. The zero-order valence-electron chi connectivity index (χ0n) is 11.0. The van der Waals surface area contributed by atoms with Gasteiger partial charge in [0, 0.05) is 18.8 Å². The number of rotatable bonds is 5. The fourth-order valence-corrected chi connectivity index (χ4v) is 2.79. The van der Waals surface area contributed by atoms with Crippen LogP contribution in [0.3, 0.4) is 0 Å². The van der Waals surface area contributed by atoms with E-state index in [1.807, 2.05) is 18.2 Å². The van der Waals surface area contributed by atoms with Crippen molar-refractivity contribution in [3.8, 4) is 0 Å². The molecule has 0 aromatic heterocycles. The smallest absolute Gasteiger partial charge is 0.282 e. The summed E-state index contributed by atoms with van der Waals surface area (Å²) in [4.78, 5) is 24.7. The van der Waals surface area contributed by atoms with Gasteiger partial charge in [-0.2, -0.15) is 0 Å². The summed E-state index contributed by atoms with van der Waals surface area (Å²) in [6.07, 6.45) is 0. The molecule has 1 aliphatic heterocycles. The third kappa shape index (κ3) is 3.99. The van der Waals surface area contributed by atoms with Crippen LogP contribution < -0.4 is 5.32 Å². The molecule has 1 heterocycles. The molecule has 1 atom stereocenters. The van der Waals surface area contributed by atoms with Crippen LogP contribution in [0.4, 0.5) is 4.79 Å². The Labute approximate surface area is 117 Å². The van der Waals surface area contributed by atoms with Crippen LogP contribution in [0.5, 0.6) is 0 Å². The molecule has 4 nitrogen and oxygen atoms in total. The van der Waals surface area contributed by atoms with Crippen LogP contribution in [0.15, 0.2) is 30.3 Å². The zero-order chi connectivity index (χ0) is 13.7. The monoisotopic (exact) mass is 278 g/mol. The number of hydrogen-bond donors (Lipinski definition) is 1. The molecule has 0 saturated carbocycles. The highest BCUT2D eigenvalue weighted by atomic mass is 32.2. The average molecular weight is 278 g/mol. The molecule has 1 fully saturated rings. The predicted molar refractivity (Wildman–Crippen MR) is 77.3 cm³/mol. The third-order valence-electron chi connectivity index (χ3n) is 3.15. The van der Waals surface area contributed by atoms with Gasteiger partial charge in [-0.15, -0.1) is 0 Å². The summed E-state index contributed by atoms with van der Waals surface area (Å²) in [6.45, 7) is 3.52. The Bertz CT molecular complexity index is 450. The minimum Gasteiger partial charge on any atom is -0.354 e. The lowest BCUT2D eigenvalue weighted by Crippen LogP contribution is -2.38. The first-order valence-corrected chi connectivity index (χ1v) is 7.38. The number of carbonyl (C=O) groups excluding carboxylic acids is 2. The van der Waals surface area contributed by atoms with E-state index >= 15 is 0 Å². The van der Waals surface area contributed by atoms with Gasteiger partial charge in [0.25, 0.3) is 5.24 Å². The van der Waals surface area contributed by atoms with Gasteiger partial charge >= 0.3 is 0 Å². The fraction of sp³-hybridized carbons (Fsp3) is 0.429. The summed E-state index contributed by atoms with van der Waals surface area (Å²) < 4.78 is 0. The number of benzene rings is 1. The van der Waals surface area contributed by atoms with Crippen LogP contribution in [0.2, 0.25) is 0 Å². The van der Waals surface area contributed by atoms with Gasteiger partial charge in [0.05, 0.1) is 0 Å². The predicted octanol–water partition coefficient (Wildman–Crippen LogP) is 2.08. The minimum atomic E-state index is -0.0846. The molecule has 2 rings (SSSR count). The van der Waals surface area contributed by atoms with Crippen LogP contribution in [0.25, 0.3) is 0 Å². The third-order valence-corrected chi connectivity index (χ3v) is 4.05. The topological polar surface area (TPSA) is 49.4 Å². The highest BCUT2D eigenvalue weighted by Gasteiger charge is 2.23. The number of amides is 2. The summed E-state index contributed by atoms with van der Waals surface area (Å²) >= 11 is 1.28. The van der Waals surface area contributed by atoms with Crippen molar-refractivity contribution in [2.45, 2.75) is 12.8 Å². The van der Waals surface area contributed by atoms with Gasteiger partial charge in [-0.05, 0) is 11.5 Å². The van der Waals surface area contributed by atoms with E-state index in [2.05, 4.69) is 24.4 Å². The van der Waals surface area contributed by atoms with Gasteiger partial charge in [-0.1, -0.05) is 49.0 Å². The Balaban J connectivity index is 1.76. The van der Waals surface area contributed by atoms with Crippen molar-refractivity contribution in [2.24, 2.45) is 0 Å². The van der Waals surface area contributed by atoms with Crippen LogP contribution in [-0.4, -0.2) is 41.4 Å². The highest BCUT2D eigenvalue weighted by molar-refractivity contribution is 8.13. The number of thioether (sulfide) groups is 1. The maximum atomic E-state index is 11.8. The molecule has 102 valence electrons. The van der Waals surface area contributed by atoms with E-state index in [1.54, 1.807) is 4.90 Å². The average Bonchev–Trinajstić information content (AvgIpc) is 2.82. The summed E-state index contributed by atoms with van der Waals surface area (Å²) in [5, 5.41) is 2.89. The van der Waals surface area contributed by atoms with Crippen LogP contribution in [0.1, 0.15) is 18.4 Å². The van der Waals surface area contributed by atoms with Crippen molar-refractivity contribution in [1.29, 1.82) is 0 Å². The second-order valence-corrected chi connectivity index (χ2v) is 5.70. The van der Waals surface area contributed by atoms with Gasteiger partial charge in [0.2, 0.25) is 5.91 Å². The van der Waals surface area contributed by atoms with Crippen molar-refractivity contribution in [1.82, 2.24) is 10.2 Å². The number of hydrogen-bond acceptors (Lipinski definition) is 3. The molecule has 1 aromatic carbocycles. The lowest BCUT2D eigenvalue weighted by Gasteiger charge is -2.16. The quantitative estimate of drug-likeness (QED) is 0.897. The second-order valence-electron chi connectivity index (χ2n) is 4.65. The number of nitrogens with zero attached hydrogens (tertiary/aromatic N) is 1. The number of carbonyl (C=O) groups is 2. The first-order chi connectivity index (χ1) is 9.16. The van der Waals surface area contributed by atoms with Crippen LogP contribution in [0, 0.1) is 0 Å². The van der Waals surface area contributed by atoms with Crippen LogP contribution in [-0.2, 0) is 4.79 Å². The Kier molecular flexibility index (Phi) is 4.85. The maximum Gasteiger partial charge on any atom is 0.282 e. The van der Waals surface area contributed by atoms with E-state index < -0.39 is 0 Å². The summed E-state index contributed by atoms with van der Waals surface area (Å²) in [7, 11) is 0. The molecule has 2 amide bonds. The zero-order valence-corrected chi connectivity index (χ0v) is 11.8. The second kappa shape index (κ2) is 6.61. The Morgan fingerprint density at radius 2 is 2.16 bits per heavy atom. The first kappa shape index (κ1) is 13.9. The van der Waals surface area contributed by atoms with Crippen molar-refractivity contribution < 1.29 is 9.59 Å². The summed E-state index contributed by atoms with van der Waals surface area (Å²) in [5.74, 6) is 0.972. The first-order valence-electron chi connectivity index (χ1n) is 6.40. The lowest BCUT2D eigenvalue weighted by atomic mass is 10.0. The van der Waals surface area contributed by atoms with E-state index in [0.29, 0.717) is 13.1 Å². The Morgan fingerprint density at radius 1 is 1.42 bits per heavy atom. The molecule has 0 bridgehead atoms. The highest BCUT2D eigenvalue weighted by Crippen LogP contribution is 2.16. The summed E-state index contributed by atoms with van der Waals surface area (Å²) in [6, 6.07) is 10.1. The maximum absolute atomic E-state index is 11.8. The standard InChI is InChI=1S/C14H18N2O2S/c1-11(12-5-3-2-4-6-12)9-15-13(17)10-16-7-8-19-14(16)18/h2-6,11H,7-10H2,1H3,(H,15,17)/t11-/m0/s1. The molecule has 0 aliphatic carbocycles. The van der Waals surface area contributed by atoms with Gasteiger partial charge in [-0.25, -0.2) is 0 Å². The van der Waals surface area contributed by atoms with Crippen molar-refractivity contribution in [3.63, 3.8) is 0 Å². The Hall–Kier alpha value is -1.49. The molecule has 19 heavy (non-hydrogen) atoms. The van der Waals surface area contributed by atoms with Crippen molar-refractivity contribution >= 4 is 22.9 Å². The van der Waals surface area contributed by atoms with Crippen LogP contribution >= 0.6 is 11.8 Å². The van der Waals surface area contributed by atoms with Crippen molar-refractivity contribution in [3.05, 3.63) is 35.9 Å². The largest absolute Gasteiger partial charge is 0.354 e. The van der Waals surface area contributed by atoms with E-state index in [9.17, 15) is 9.59 Å². The molecule has 0 radical (unpaired) electrons. The molecule has 0 spiro atoms. The minimum absolute atomic E-state index is 0.00579. The van der Waals surface area contributed by atoms with E-state index in [-0.39, 0.29) is 23.6 Å². The molecule has 1 saturated heterocycles.